The highest BCUT2D eigenvalue weighted by Crippen LogP contribution is 2.30. The number of hydrazone groups is 1. The van der Waals surface area contributed by atoms with Gasteiger partial charge in [0.15, 0.2) is 0 Å². The molecule has 6 heteroatoms. The molecule has 1 amide bonds. The minimum Gasteiger partial charge on any atom is -0.488 e. The van der Waals surface area contributed by atoms with Crippen LogP contribution >= 0.6 is 15.9 Å². The molecule has 4 rings (SSSR count). The van der Waals surface area contributed by atoms with E-state index in [-0.39, 0.29) is 18.3 Å². The van der Waals surface area contributed by atoms with Crippen LogP contribution in [-0.4, -0.2) is 11.6 Å². The van der Waals surface area contributed by atoms with Gasteiger partial charge >= 0.3 is 0 Å². The summed E-state index contributed by atoms with van der Waals surface area (Å²) in [6.45, 7) is 2.02. The first-order valence-corrected chi connectivity index (χ1v) is 10.1. The van der Waals surface area contributed by atoms with Crippen LogP contribution in [0, 0.1) is 5.82 Å². The lowest BCUT2D eigenvalue weighted by molar-refractivity contribution is -0.114. The largest absolute Gasteiger partial charge is 0.488 e. The number of anilines is 1. The van der Waals surface area contributed by atoms with E-state index in [4.69, 9.17) is 4.74 Å². The van der Waals surface area contributed by atoms with E-state index in [0.717, 1.165) is 15.6 Å². The van der Waals surface area contributed by atoms with Crippen molar-refractivity contribution in [3.8, 4) is 5.75 Å². The molecule has 1 aliphatic rings. The molecule has 0 aliphatic carbocycles. The first kappa shape index (κ1) is 20.0. The molecule has 3 aromatic carbocycles. The highest BCUT2D eigenvalue weighted by Gasteiger charge is 2.28. The fourth-order valence-corrected chi connectivity index (χ4v) is 3.51. The molecule has 30 heavy (non-hydrogen) atoms. The van der Waals surface area contributed by atoms with Crippen molar-refractivity contribution >= 4 is 39.3 Å². The van der Waals surface area contributed by atoms with Gasteiger partial charge < -0.3 is 4.74 Å². The van der Waals surface area contributed by atoms with Crippen molar-refractivity contribution in [3.63, 3.8) is 0 Å². The smallest absolute Gasteiger partial charge is 0.280 e. The summed E-state index contributed by atoms with van der Waals surface area (Å²) in [6, 6.07) is 21.1. The van der Waals surface area contributed by atoms with Crippen LogP contribution in [0.25, 0.3) is 6.08 Å². The number of carbonyl (C=O) groups is 1. The zero-order chi connectivity index (χ0) is 21.1. The molecule has 0 atom stereocenters. The quantitative estimate of drug-likeness (QED) is 0.436. The van der Waals surface area contributed by atoms with Gasteiger partial charge in [0.1, 0.15) is 18.2 Å². The molecule has 150 valence electrons. The van der Waals surface area contributed by atoms with Crippen LogP contribution in [0.15, 0.2) is 87.9 Å². The Kier molecular flexibility index (Phi) is 5.77. The van der Waals surface area contributed by atoms with Crippen molar-refractivity contribution in [3.05, 3.63) is 99.8 Å². The first-order valence-electron chi connectivity index (χ1n) is 9.35. The molecule has 3 aromatic rings. The van der Waals surface area contributed by atoms with Crippen LogP contribution in [-0.2, 0) is 11.4 Å². The van der Waals surface area contributed by atoms with Crippen LogP contribution in [0.1, 0.15) is 18.1 Å². The summed E-state index contributed by atoms with van der Waals surface area (Å²) < 4.78 is 20.2. The van der Waals surface area contributed by atoms with Gasteiger partial charge in [0.2, 0.25) is 0 Å². The second kappa shape index (κ2) is 8.63. The molecule has 0 fully saturated rings. The van der Waals surface area contributed by atoms with Crippen LogP contribution in [0.3, 0.4) is 0 Å². The maximum atomic E-state index is 13.4. The van der Waals surface area contributed by atoms with Gasteiger partial charge in [-0.1, -0.05) is 46.3 Å². The maximum absolute atomic E-state index is 13.4. The van der Waals surface area contributed by atoms with Crippen LogP contribution in [0.5, 0.6) is 5.75 Å². The van der Waals surface area contributed by atoms with E-state index >= 15 is 0 Å². The highest BCUT2D eigenvalue weighted by atomic mass is 79.9. The molecular formula is C24H18BrFN2O2. The third kappa shape index (κ3) is 4.33. The summed E-state index contributed by atoms with van der Waals surface area (Å²) >= 11 is 3.47. The minimum atomic E-state index is -0.307. The Morgan fingerprint density at radius 3 is 2.63 bits per heavy atom. The summed E-state index contributed by atoms with van der Waals surface area (Å²) in [6.07, 6.45) is 1.77. The Morgan fingerprint density at radius 2 is 1.87 bits per heavy atom. The second-order valence-corrected chi connectivity index (χ2v) is 7.71. The van der Waals surface area contributed by atoms with Crippen molar-refractivity contribution in [1.82, 2.24) is 0 Å². The van der Waals surface area contributed by atoms with Gasteiger partial charge in [0.25, 0.3) is 5.91 Å². The topological polar surface area (TPSA) is 41.9 Å². The van der Waals surface area contributed by atoms with Gasteiger partial charge in [0, 0.05) is 10.0 Å². The zero-order valence-corrected chi connectivity index (χ0v) is 17.8. The van der Waals surface area contributed by atoms with E-state index in [1.54, 1.807) is 25.1 Å². The normalized spacial score (nSPS) is 14.9. The number of nitrogens with zero attached hydrogens (tertiary/aromatic N) is 2. The van der Waals surface area contributed by atoms with E-state index in [9.17, 15) is 9.18 Å². The van der Waals surface area contributed by atoms with Crippen molar-refractivity contribution < 1.29 is 13.9 Å². The van der Waals surface area contributed by atoms with E-state index in [1.807, 2.05) is 48.5 Å². The molecule has 0 spiro atoms. The van der Waals surface area contributed by atoms with Crippen LogP contribution in [0.4, 0.5) is 10.1 Å². The predicted octanol–water partition coefficient (Wildman–Crippen LogP) is 5.97. The summed E-state index contributed by atoms with van der Waals surface area (Å²) in [5, 5.41) is 5.81. The Morgan fingerprint density at radius 1 is 1.07 bits per heavy atom. The number of ether oxygens (including phenoxy) is 1. The molecule has 1 heterocycles. The number of amides is 1. The number of halogens is 2. The SMILES string of the molecule is CC1=NN(c2ccccc2)C(=O)/C1=C/c1cc(Br)ccc1OCc1cccc(F)c1. The highest BCUT2D eigenvalue weighted by molar-refractivity contribution is 9.10. The summed E-state index contributed by atoms with van der Waals surface area (Å²) in [5.41, 5.74) is 3.28. The number of para-hydroxylation sites is 1. The summed E-state index contributed by atoms with van der Waals surface area (Å²) in [7, 11) is 0. The molecule has 0 N–H and O–H groups in total. The molecule has 0 radical (unpaired) electrons. The lowest BCUT2D eigenvalue weighted by Gasteiger charge is -2.12. The lowest BCUT2D eigenvalue weighted by atomic mass is 10.1. The zero-order valence-electron chi connectivity index (χ0n) is 16.2. The number of hydrogen-bond acceptors (Lipinski definition) is 3. The van der Waals surface area contributed by atoms with Gasteiger partial charge in [-0.3, -0.25) is 4.79 Å². The molecule has 0 bridgehead atoms. The fraction of sp³-hybridized carbons (Fsp3) is 0.0833. The Balaban J connectivity index is 1.62. The van der Waals surface area contributed by atoms with Gasteiger partial charge in [-0.2, -0.15) is 10.1 Å². The molecule has 4 nitrogen and oxygen atoms in total. The predicted molar refractivity (Wildman–Crippen MR) is 120 cm³/mol. The van der Waals surface area contributed by atoms with Crippen molar-refractivity contribution in [2.24, 2.45) is 5.10 Å². The maximum Gasteiger partial charge on any atom is 0.280 e. The summed E-state index contributed by atoms with van der Waals surface area (Å²) in [4.78, 5) is 13.0. The minimum absolute atomic E-state index is 0.199. The average molecular weight is 465 g/mol. The molecule has 0 aromatic heterocycles. The van der Waals surface area contributed by atoms with E-state index < -0.39 is 0 Å². The van der Waals surface area contributed by atoms with Gasteiger partial charge in [-0.05, 0) is 61.0 Å². The third-order valence-electron chi connectivity index (χ3n) is 4.62. The van der Waals surface area contributed by atoms with Crippen LogP contribution in [0.2, 0.25) is 0 Å². The van der Waals surface area contributed by atoms with Gasteiger partial charge in [0.05, 0.1) is 17.0 Å². The van der Waals surface area contributed by atoms with Crippen molar-refractivity contribution in [2.75, 3.05) is 5.01 Å². The van der Waals surface area contributed by atoms with E-state index in [0.29, 0.717) is 22.7 Å². The van der Waals surface area contributed by atoms with Crippen molar-refractivity contribution in [2.45, 2.75) is 13.5 Å². The van der Waals surface area contributed by atoms with Crippen molar-refractivity contribution in [1.29, 1.82) is 0 Å². The lowest BCUT2D eigenvalue weighted by Crippen LogP contribution is -2.21. The number of carbonyl (C=O) groups excluding carboxylic acids is 1. The first-order chi connectivity index (χ1) is 14.5. The van der Waals surface area contributed by atoms with Gasteiger partial charge in [-0.15, -0.1) is 0 Å². The Hall–Kier alpha value is -3.25. The molecule has 0 saturated carbocycles. The molecule has 0 unspecified atom stereocenters. The Bertz CT molecular complexity index is 1160. The fourth-order valence-electron chi connectivity index (χ4n) is 3.14. The standard InChI is InChI=1S/C24H18BrFN2O2/c1-16-22(24(29)28(27-16)21-8-3-2-4-9-21)14-18-13-19(25)10-11-23(18)30-15-17-6-5-7-20(26)12-17/h2-14H,15H2,1H3/b22-14+. The molecule has 0 saturated heterocycles. The van der Waals surface area contributed by atoms with Gasteiger partial charge in [-0.25, -0.2) is 4.39 Å². The van der Waals surface area contributed by atoms with E-state index in [2.05, 4.69) is 21.0 Å². The molecular weight excluding hydrogens is 447 g/mol. The molecule has 1 aliphatic heterocycles. The van der Waals surface area contributed by atoms with Crippen LogP contribution < -0.4 is 9.75 Å². The van der Waals surface area contributed by atoms with E-state index in [1.165, 1.54) is 17.1 Å². The Labute approximate surface area is 182 Å². The monoisotopic (exact) mass is 464 g/mol. The number of rotatable bonds is 5. The number of benzene rings is 3. The third-order valence-corrected chi connectivity index (χ3v) is 5.11. The second-order valence-electron chi connectivity index (χ2n) is 6.80. The average Bonchev–Trinajstić information content (AvgIpc) is 3.02. The number of hydrogen-bond donors (Lipinski definition) is 0. The summed E-state index contributed by atoms with van der Waals surface area (Å²) in [5.74, 6) is 0.0853.